The Morgan fingerprint density at radius 1 is 1.13 bits per heavy atom. The largest absolute Gasteiger partial charge is 0.365 e. The van der Waals surface area contributed by atoms with E-state index >= 15 is 0 Å². The van der Waals surface area contributed by atoms with Gasteiger partial charge in [-0.25, -0.2) is 14.4 Å². The van der Waals surface area contributed by atoms with Crippen molar-refractivity contribution in [2.45, 2.75) is 117 Å². The van der Waals surface area contributed by atoms with Gasteiger partial charge in [-0.15, -0.1) is 0 Å². The van der Waals surface area contributed by atoms with E-state index in [-0.39, 0.29) is 35.7 Å². The molecule has 3 aromatic heterocycles. The van der Waals surface area contributed by atoms with Crippen LogP contribution < -0.4 is 5.32 Å². The lowest BCUT2D eigenvalue weighted by Gasteiger charge is -2.46. The van der Waals surface area contributed by atoms with Gasteiger partial charge in [-0.1, -0.05) is 32.6 Å². The number of piperidine rings is 1. The van der Waals surface area contributed by atoms with Crippen LogP contribution in [0.2, 0.25) is 0 Å². The number of imidazole rings is 1. The molecule has 12 heteroatoms. The monoisotopic (exact) mass is 750 g/mol. The van der Waals surface area contributed by atoms with E-state index in [4.69, 9.17) is 14.7 Å². The first kappa shape index (κ1) is 37.5. The lowest BCUT2D eigenvalue weighted by molar-refractivity contribution is -0.149. The maximum atomic E-state index is 14.8. The van der Waals surface area contributed by atoms with Crippen molar-refractivity contribution in [1.82, 2.24) is 34.2 Å². The summed E-state index contributed by atoms with van der Waals surface area (Å²) in [6, 6.07) is 4.24. The predicted molar refractivity (Wildman–Crippen MR) is 212 cm³/mol. The van der Waals surface area contributed by atoms with Crippen LogP contribution in [0.4, 0.5) is 15.9 Å². The summed E-state index contributed by atoms with van der Waals surface area (Å²) in [6.45, 7) is 20.6. The predicted octanol–water partition coefficient (Wildman–Crippen LogP) is 7.41. The van der Waals surface area contributed by atoms with E-state index in [2.05, 4.69) is 55.6 Å². The molecule has 292 valence electrons. The molecule has 4 aliphatic heterocycles. The number of rotatable bonds is 8. The van der Waals surface area contributed by atoms with E-state index in [9.17, 15) is 14.0 Å². The van der Waals surface area contributed by atoms with Gasteiger partial charge in [0.2, 0.25) is 5.91 Å². The summed E-state index contributed by atoms with van der Waals surface area (Å²) in [7, 11) is 0. The maximum absolute atomic E-state index is 14.8. The molecule has 1 N–H and O–H groups in total. The van der Waals surface area contributed by atoms with Crippen LogP contribution in [0.5, 0.6) is 0 Å². The number of aromatic nitrogens is 4. The van der Waals surface area contributed by atoms with Gasteiger partial charge in [-0.3, -0.25) is 19.5 Å². The first-order valence-electron chi connectivity index (χ1n) is 20.1. The van der Waals surface area contributed by atoms with Gasteiger partial charge in [0.05, 0.1) is 40.9 Å². The Kier molecular flexibility index (Phi) is 9.72. The minimum Gasteiger partial charge on any atom is -0.365 e. The maximum Gasteiger partial charge on any atom is 0.251 e. The topological polar surface area (TPSA) is 109 Å². The molecule has 2 atom stereocenters. The molecule has 1 spiro atoms. The lowest BCUT2D eigenvalue weighted by atomic mass is 9.72. The highest BCUT2D eigenvalue weighted by Gasteiger charge is 2.57. The molecule has 2 amide bonds. The van der Waals surface area contributed by atoms with E-state index in [1.54, 1.807) is 18.6 Å². The van der Waals surface area contributed by atoms with Crippen LogP contribution in [0.3, 0.4) is 0 Å². The van der Waals surface area contributed by atoms with Crippen molar-refractivity contribution in [3.8, 4) is 0 Å². The molecule has 1 aliphatic carbocycles. The highest BCUT2D eigenvalue weighted by atomic mass is 19.1. The van der Waals surface area contributed by atoms with Gasteiger partial charge in [0.25, 0.3) is 5.91 Å². The lowest BCUT2D eigenvalue weighted by Crippen LogP contribution is -2.55. The number of halogens is 1. The second kappa shape index (κ2) is 14.3. The zero-order valence-corrected chi connectivity index (χ0v) is 33.1. The number of likely N-dealkylation sites (tertiary alicyclic amines) is 3. The van der Waals surface area contributed by atoms with Gasteiger partial charge in [0.15, 0.2) is 11.6 Å². The first-order valence-corrected chi connectivity index (χ1v) is 20.1. The van der Waals surface area contributed by atoms with Crippen LogP contribution in [0.25, 0.3) is 16.6 Å². The molecule has 0 unspecified atom stereocenters. The molecule has 3 aromatic rings. The van der Waals surface area contributed by atoms with Crippen LogP contribution >= 0.6 is 0 Å². The molecule has 8 rings (SSSR count). The number of fused-ring (bicyclic) bond motifs is 1. The molecule has 5 fully saturated rings. The van der Waals surface area contributed by atoms with Crippen molar-refractivity contribution in [3.05, 3.63) is 72.4 Å². The van der Waals surface area contributed by atoms with Crippen LogP contribution in [-0.4, -0.2) is 96.5 Å². The van der Waals surface area contributed by atoms with Crippen LogP contribution in [0, 0.1) is 16.6 Å². The van der Waals surface area contributed by atoms with Crippen LogP contribution in [-0.2, 0) is 14.3 Å². The molecule has 0 radical (unpaired) electrons. The number of amides is 2. The Balaban J connectivity index is 1.11. The van der Waals surface area contributed by atoms with Crippen molar-refractivity contribution in [1.29, 1.82) is 0 Å². The summed E-state index contributed by atoms with van der Waals surface area (Å²) >= 11 is 0. The quantitative estimate of drug-likeness (QED) is 0.254. The van der Waals surface area contributed by atoms with Crippen molar-refractivity contribution >= 4 is 39.9 Å². The Labute approximate surface area is 323 Å². The molecule has 11 nitrogen and oxygen atoms in total. The number of anilines is 2. The number of allylic oxidation sites excluding steroid dienone is 4. The van der Waals surface area contributed by atoms with Crippen molar-refractivity contribution in [2.75, 3.05) is 31.5 Å². The number of hydrogen-bond donors (Lipinski definition) is 1. The smallest absolute Gasteiger partial charge is 0.251 e. The minimum atomic E-state index is -0.770. The summed E-state index contributed by atoms with van der Waals surface area (Å²) in [4.78, 5) is 48.4. The van der Waals surface area contributed by atoms with E-state index < -0.39 is 17.3 Å². The highest BCUT2D eigenvalue weighted by molar-refractivity contribution is 5.95. The highest BCUT2D eigenvalue weighted by Crippen LogP contribution is 2.53. The van der Waals surface area contributed by atoms with E-state index in [1.807, 2.05) is 40.4 Å². The molecule has 5 aliphatic rings. The fourth-order valence-electron chi connectivity index (χ4n) is 9.47. The second-order valence-corrected chi connectivity index (χ2v) is 17.6. The number of pyridine rings is 2. The summed E-state index contributed by atoms with van der Waals surface area (Å²) in [5.41, 5.74) is 4.57. The van der Waals surface area contributed by atoms with Crippen molar-refractivity contribution in [3.63, 3.8) is 0 Å². The number of ether oxygens (including phenoxy) is 1. The van der Waals surface area contributed by atoms with Gasteiger partial charge in [-0.05, 0) is 108 Å². The zero-order valence-electron chi connectivity index (χ0n) is 33.1. The minimum absolute atomic E-state index is 0.0365. The fourth-order valence-corrected chi connectivity index (χ4v) is 9.47. The van der Waals surface area contributed by atoms with Crippen LogP contribution in [0.15, 0.2) is 60.9 Å². The van der Waals surface area contributed by atoms with Gasteiger partial charge in [0, 0.05) is 49.7 Å². The molecule has 7 heterocycles. The average Bonchev–Trinajstić information content (AvgIpc) is 3.90. The number of nitrogens with one attached hydrogen (secondary N) is 1. The average molecular weight is 751 g/mol. The Hall–Kier alpha value is -4.42. The molecule has 4 saturated heterocycles. The number of nitrogens with zero attached hydrogens (tertiary/aromatic N) is 7. The van der Waals surface area contributed by atoms with E-state index in [0.717, 1.165) is 66.6 Å². The van der Waals surface area contributed by atoms with Gasteiger partial charge in [0.1, 0.15) is 11.6 Å². The van der Waals surface area contributed by atoms with Gasteiger partial charge >= 0.3 is 0 Å². The molecule has 0 aromatic carbocycles. The molecule has 1 saturated carbocycles. The SMILES string of the molecule is C=C1/C(=C\C=C(/C)c2cc3ncn(C(C)C)c3c(Nc3ccncc3F)n2)C2(CCN(C(=O)[C@@H]3CC[C@H](C)O3)CC2)C(=O)N1C1CC(N2CCC(C)(C)C2)C1. The number of carbonyl (C=O) groups is 2. The second-order valence-electron chi connectivity index (χ2n) is 17.6. The van der Waals surface area contributed by atoms with Crippen LogP contribution in [0.1, 0.15) is 98.2 Å². The standard InChI is InChI=1S/C43H55FN8O3/c1-26(2)51-25-46-36-22-35(48-39(38(36)51)47-34-12-16-45-23-33(34)44)27(3)8-10-32-29(5)52(31-20-30(21-31)50-17-13-42(6,7)24-50)41(54)43(32)14-18-49(19-15-43)40(53)37-11-9-28(4)55-37/h8,10,12,16,22-23,25-26,28,30-31,37H,5,9,11,13-15,17-21,24H2,1-4,6-7H3,(H,45,47,48)/b27-8+,32-10+/t28-,30?,31?,37-/m0/s1. The van der Waals surface area contributed by atoms with E-state index in [1.165, 1.54) is 12.6 Å². The van der Waals surface area contributed by atoms with E-state index in [0.29, 0.717) is 48.9 Å². The van der Waals surface area contributed by atoms with Gasteiger partial charge < -0.3 is 24.4 Å². The number of carbonyl (C=O) groups excluding carboxylic acids is 2. The summed E-state index contributed by atoms with van der Waals surface area (Å²) < 4.78 is 22.8. The normalized spacial score (nSPS) is 27.6. The molecule has 55 heavy (non-hydrogen) atoms. The molecular formula is C43H55FN8O3. The first-order chi connectivity index (χ1) is 26.2. The number of hydrogen-bond acceptors (Lipinski definition) is 8. The summed E-state index contributed by atoms with van der Waals surface area (Å²) in [5.74, 6) is 0.164. The van der Waals surface area contributed by atoms with Crippen molar-refractivity contribution < 1.29 is 18.7 Å². The third-order valence-corrected chi connectivity index (χ3v) is 12.9. The third-order valence-electron chi connectivity index (χ3n) is 12.9. The Morgan fingerprint density at radius 2 is 1.89 bits per heavy atom. The third kappa shape index (κ3) is 6.79. The van der Waals surface area contributed by atoms with Crippen molar-refractivity contribution in [2.24, 2.45) is 10.8 Å². The molecular weight excluding hydrogens is 696 g/mol. The zero-order chi connectivity index (χ0) is 38.8. The molecule has 0 bridgehead atoms. The summed E-state index contributed by atoms with van der Waals surface area (Å²) in [6.07, 6.45) is 14.1. The fraction of sp³-hybridized carbons (Fsp3) is 0.558. The Bertz CT molecular complexity index is 2070. The Morgan fingerprint density at radius 3 is 2.55 bits per heavy atom. The summed E-state index contributed by atoms with van der Waals surface area (Å²) in [5, 5.41) is 3.20. The van der Waals surface area contributed by atoms with Gasteiger partial charge in [-0.2, -0.15) is 0 Å².